The third-order valence-corrected chi connectivity index (χ3v) is 11.2. The van der Waals surface area contributed by atoms with Gasteiger partial charge in [0, 0.05) is 50.1 Å². The van der Waals surface area contributed by atoms with Crippen molar-refractivity contribution in [3.8, 4) is 5.69 Å². The molecule has 1 saturated carbocycles. The molecule has 0 atom stereocenters. The molecule has 0 bridgehead atoms. The molecular weight excluding hydrogens is 621 g/mol. The predicted molar refractivity (Wildman–Crippen MR) is 213 cm³/mol. The fourth-order valence-corrected chi connectivity index (χ4v) is 8.93. The van der Waals surface area contributed by atoms with E-state index in [9.17, 15) is 0 Å². The summed E-state index contributed by atoms with van der Waals surface area (Å²) in [7, 11) is 0. The fraction of sp³-hybridized carbons (Fsp3) is 0.125. The minimum atomic E-state index is -0.0825. The van der Waals surface area contributed by atoms with Crippen LogP contribution >= 0.6 is 0 Å². The molecule has 3 nitrogen and oxygen atoms in total. The molecule has 1 fully saturated rings. The third kappa shape index (κ3) is 4.80. The van der Waals surface area contributed by atoms with E-state index in [1.165, 1.54) is 57.9 Å². The molecule has 246 valence electrons. The number of fused-ring (bicyclic) bond motifs is 6. The Kier molecular flexibility index (Phi) is 7.06. The molecule has 1 aliphatic carbocycles. The molecule has 0 saturated heterocycles. The van der Waals surface area contributed by atoms with Gasteiger partial charge in [0.15, 0.2) is 0 Å². The van der Waals surface area contributed by atoms with Crippen LogP contribution in [0.1, 0.15) is 43.2 Å². The number of nitrogens with zero attached hydrogens (tertiary/aromatic N) is 2. The quantitative estimate of drug-likeness (QED) is 0.177. The van der Waals surface area contributed by atoms with Crippen LogP contribution in [0, 0.1) is 0 Å². The number of furan rings is 1. The molecular formula is C48H38N2O. The molecule has 1 aliphatic rings. The first kappa shape index (κ1) is 29.8. The Labute approximate surface area is 298 Å². The molecule has 0 spiro atoms. The topological polar surface area (TPSA) is 21.3 Å². The highest BCUT2D eigenvalue weighted by atomic mass is 16.3. The van der Waals surface area contributed by atoms with E-state index in [-0.39, 0.29) is 5.41 Å². The highest BCUT2D eigenvalue weighted by Crippen LogP contribution is 2.51. The van der Waals surface area contributed by atoms with E-state index in [1.807, 2.05) is 6.07 Å². The largest absolute Gasteiger partial charge is 0.456 e. The molecule has 51 heavy (non-hydrogen) atoms. The van der Waals surface area contributed by atoms with Crippen LogP contribution in [0.4, 0.5) is 17.1 Å². The number of hydrogen-bond donors (Lipinski definition) is 0. The molecule has 7 aromatic carbocycles. The average Bonchev–Trinajstić information content (AvgIpc) is 3.74. The zero-order chi connectivity index (χ0) is 33.8. The van der Waals surface area contributed by atoms with Gasteiger partial charge in [-0.3, -0.25) is 0 Å². The summed E-state index contributed by atoms with van der Waals surface area (Å²) in [6.07, 6.45) is 5.98. The Morgan fingerprint density at radius 3 is 1.90 bits per heavy atom. The summed E-state index contributed by atoms with van der Waals surface area (Å²) in [5.74, 6) is 0. The molecule has 10 rings (SSSR count). The maximum Gasteiger partial charge on any atom is 0.137 e. The van der Waals surface area contributed by atoms with Crippen molar-refractivity contribution in [2.45, 2.75) is 37.5 Å². The van der Waals surface area contributed by atoms with Crippen molar-refractivity contribution in [2.75, 3.05) is 4.90 Å². The van der Waals surface area contributed by atoms with Crippen molar-refractivity contribution in [3.63, 3.8) is 0 Å². The van der Waals surface area contributed by atoms with Gasteiger partial charge in [-0.05, 0) is 78.6 Å². The number of rotatable bonds is 6. The van der Waals surface area contributed by atoms with Crippen molar-refractivity contribution in [1.29, 1.82) is 0 Å². The summed E-state index contributed by atoms with van der Waals surface area (Å²) in [5.41, 5.74) is 11.5. The molecule has 0 N–H and O–H groups in total. The van der Waals surface area contributed by atoms with Gasteiger partial charge < -0.3 is 13.9 Å². The Morgan fingerprint density at radius 1 is 0.471 bits per heavy atom. The Bertz CT molecular complexity index is 2680. The van der Waals surface area contributed by atoms with Crippen molar-refractivity contribution < 1.29 is 4.42 Å². The summed E-state index contributed by atoms with van der Waals surface area (Å²) >= 11 is 0. The number of para-hydroxylation sites is 4. The average molecular weight is 659 g/mol. The van der Waals surface area contributed by atoms with Crippen LogP contribution in [-0.2, 0) is 5.41 Å². The summed E-state index contributed by atoms with van der Waals surface area (Å²) in [4.78, 5) is 2.48. The van der Waals surface area contributed by atoms with Crippen LogP contribution in [0.5, 0.6) is 0 Å². The summed E-state index contributed by atoms with van der Waals surface area (Å²) in [6.45, 7) is 0. The lowest BCUT2D eigenvalue weighted by Crippen LogP contribution is -2.32. The maximum atomic E-state index is 6.51. The van der Waals surface area contributed by atoms with Crippen LogP contribution < -0.4 is 4.90 Å². The lowest BCUT2D eigenvalue weighted by Gasteiger charge is -2.41. The molecule has 3 heteroatoms. The Hall–Kier alpha value is -6.06. The van der Waals surface area contributed by atoms with Gasteiger partial charge in [-0.15, -0.1) is 0 Å². The fourth-order valence-electron chi connectivity index (χ4n) is 8.93. The van der Waals surface area contributed by atoms with Gasteiger partial charge in [-0.1, -0.05) is 128 Å². The van der Waals surface area contributed by atoms with E-state index in [0.29, 0.717) is 0 Å². The highest BCUT2D eigenvalue weighted by Gasteiger charge is 2.38. The standard InChI is InChI=1S/C48H38N2O/c1-4-16-34(17-5-1)48(30-14-3-15-31-48)42-22-10-12-24-44(42)49(37-27-29-41-40-21-9-13-25-46(40)51-47(41)33-37)36-26-28-39-38-20-8-11-23-43(38)50(45(39)32-36)35-18-6-2-7-19-35/h1-2,4-13,16-29,32-33H,3,14-15,30-31H2. The zero-order valence-corrected chi connectivity index (χ0v) is 28.5. The number of aromatic nitrogens is 1. The van der Waals surface area contributed by atoms with Gasteiger partial charge in [-0.25, -0.2) is 0 Å². The first-order valence-corrected chi connectivity index (χ1v) is 18.2. The molecule has 0 amide bonds. The third-order valence-electron chi connectivity index (χ3n) is 11.2. The first-order valence-electron chi connectivity index (χ1n) is 18.2. The second-order valence-electron chi connectivity index (χ2n) is 14.0. The van der Waals surface area contributed by atoms with E-state index in [4.69, 9.17) is 4.42 Å². The minimum Gasteiger partial charge on any atom is -0.456 e. The van der Waals surface area contributed by atoms with Crippen molar-refractivity contribution in [2.24, 2.45) is 0 Å². The van der Waals surface area contributed by atoms with E-state index in [1.54, 1.807) is 0 Å². The molecule has 0 unspecified atom stereocenters. The van der Waals surface area contributed by atoms with Gasteiger partial charge in [0.2, 0.25) is 0 Å². The summed E-state index contributed by atoms with van der Waals surface area (Å²) < 4.78 is 8.92. The summed E-state index contributed by atoms with van der Waals surface area (Å²) in [5, 5.41) is 4.77. The molecule has 2 aromatic heterocycles. The van der Waals surface area contributed by atoms with Gasteiger partial charge in [0.1, 0.15) is 11.2 Å². The van der Waals surface area contributed by atoms with Crippen LogP contribution in [0.15, 0.2) is 174 Å². The van der Waals surface area contributed by atoms with E-state index < -0.39 is 0 Å². The van der Waals surface area contributed by atoms with E-state index in [0.717, 1.165) is 51.8 Å². The lowest BCUT2D eigenvalue weighted by molar-refractivity contribution is 0.346. The predicted octanol–water partition coefficient (Wildman–Crippen LogP) is 13.4. The van der Waals surface area contributed by atoms with Gasteiger partial charge in [-0.2, -0.15) is 0 Å². The zero-order valence-electron chi connectivity index (χ0n) is 28.5. The van der Waals surface area contributed by atoms with E-state index >= 15 is 0 Å². The van der Waals surface area contributed by atoms with Crippen LogP contribution in [0.25, 0.3) is 49.4 Å². The van der Waals surface area contributed by atoms with Gasteiger partial charge in [0.05, 0.1) is 16.7 Å². The molecule has 2 heterocycles. The van der Waals surface area contributed by atoms with Gasteiger partial charge in [0.25, 0.3) is 0 Å². The van der Waals surface area contributed by atoms with Crippen LogP contribution in [0.3, 0.4) is 0 Å². The SMILES string of the molecule is c1ccc(-n2c3ccccc3c3ccc(N(c4ccc5c(c4)oc4ccccc45)c4ccccc4C4(c5ccccc5)CCCCC4)cc32)cc1. The van der Waals surface area contributed by atoms with Crippen molar-refractivity contribution in [3.05, 3.63) is 181 Å². The number of hydrogen-bond acceptors (Lipinski definition) is 2. The number of anilines is 3. The number of benzene rings is 7. The van der Waals surface area contributed by atoms with Gasteiger partial charge >= 0.3 is 0 Å². The normalized spacial score (nSPS) is 14.4. The molecule has 0 aliphatic heterocycles. The second kappa shape index (κ2) is 12.1. The highest BCUT2D eigenvalue weighted by molar-refractivity contribution is 6.11. The second-order valence-corrected chi connectivity index (χ2v) is 14.0. The minimum absolute atomic E-state index is 0.0825. The Morgan fingerprint density at radius 2 is 1.08 bits per heavy atom. The van der Waals surface area contributed by atoms with Crippen LogP contribution in [-0.4, -0.2) is 4.57 Å². The summed E-state index contributed by atoms with van der Waals surface area (Å²) in [6, 6.07) is 62.0. The Balaban J connectivity index is 1.26. The first-order chi connectivity index (χ1) is 25.3. The monoisotopic (exact) mass is 658 g/mol. The molecule has 0 radical (unpaired) electrons. The molecule has 9 aromatic rings. The van der Waals surface area contributed by atoms with Crippen LogP contribution in [0.2, 0.25) is 0 Å². The van der Waals surface area contributed by atoms with E-state index in [2.05, 4.69) is 173 Å². The maximum absolute atomic E-state index is 6.51. The smallest absolute Gasteiger partial charge is 0.137 e. The van der Waals surface area contributed by atoms with Crippen molar-refractivity contribution >= 4 is 60.8 Å². The lowest BCUT2D eigenvalue weighted by atomic mass is 9.64. The van der Waals surface area contributed by atoms with Crippen molar-refractivity contribution in [1.82, 2.24) is 4.57 Å².